The number of hydrogen-bond acceptors (Lipinski definition) is 4. The van der Waals surface area contributed by atoms with Crippen molar-refractivity contribution < 1.29 is 9.53 Å². The Hall–Kier alpha value is -3.40. The van der Waals surface area contributed by atoms with Crippen LogP contribution in [0.25, 0.3) is 11.1 Å². The molecule has 25 heavy (non-hydrogen) atoms. The van der Waals surface area contributed by atoms with Crippen molar-refractivity contribution in [2.75, 3.05) is 12.5 Å². The number of hydrogen-bond donors (Lipinski definition) is 1. The van der Waals surface area contributed by atoms with Crippen molar-refractivity contribution in [1.29, 1.82) is 0 Å². The second kappa shape index (κ2) is 7.93. The van der Waals surface area contributed by atoms with Crippen molar-refractivity contribution in [3.63, 3.8) is 0 Å². The average Bonchev–Trinajstić information content (AvgIpc) is 2.69. The summed E-state index contributed by atoms with van der Waals surface area (Å²) in [4.78, 5) is 12.2. The zero-order valence-electron chi connectivity index (χ0n) is 13.8. The Balaban J connectivity index is 1.62. The van der Waals surface area contributed by atoms with E-state index in [1.165, 1.54) is 6.21 Å². The first-order valence-electron chi connectivity index (χ1n) is 7.89. The van der Waals surface area contributed by atoms with Crippen molar-refractivity contribution in [1.82, 2.24) is 0 Å². The molecule has 0 aliphatic rings. The summed E-state index contributed by atoms with van der Waals surface area (Å²) < 4.78 is 5.09. The molecule has 0 unspecified atom stereocenters. The van der Waals surface area contributed by atoms with E-state index in [4.69, 9.17) is 4.74 Å². The molecule has 0 saturated heterocycles. The Kier molecular flexibility index (Phi) is 5.22. The van der Waals surface area contributed by atoms with Crippen LogP contribution < -0.4 is 10.2 Å². The standard InChI is InChI=1S/C21H18N2O2/c1-25-20-13-11-19(12-14-20)23-22-15-21(24)18-9-7-17(8-10-18)16-5-3-2-4-6-16/h2-15,23H,1H3/b22-15+. The zero-order chi connectivity index (χ0) is 17.5. The lowest BCUT2D eigenvalue weighted by atomic mass is 10.0. The first-order chi connectivity index (χ1) is 12.3. The molecule has 0 fully saturated rings. The number of nitrogens with zero attached hydrogens (tertiary/aromatic N) is 1. The van der Waals surface area contributed by atoms with Crippen LogP contribution in [0.5, 0.6) is 5.75 Å². The number of ketones is 1. The van der Waals surface area contributed by atoms with Crippen LogP contribution in [-0.4, -0.2) is 19.1 Å². The monoisotopic (exact) mass is 330 g/mol. The quantitative estimate of drug-likeness (QED) is 0.407. The summed E-state index contributed by atoms with van der Waals surface area (Å²) in [5, 5.41) is 3.99. The molecule has 3 rings (SSSR count). The van der Waals surface area contributed by atoms with Gasteiger partial charge in [0.05, 0.1) is 19.0 Å². The van der Waals surface area contributed by atoms with Gasteiger partial charge in [-0.15, -0.1) is 0 Å². The van der Waals surface area contributed by atoms with E-state index in [0.29, 0.717) is 5.56 Å². The minimum atomic E-state index is -0.152. The number of hydrazone groups is 1. The summed E-state index contributed by atoms with van der Waals surface area (Å²) in [6.07, 6.45) is 1.28. The molecule has 0 bridgehead atoms. The van der Waals surface area contributed by atoms with Crippen molar-refractivity contribution >= 4 is 17.7 Å². The van der Waals surface area contributed by atoms with Crippen molar-refractivity contribution in [2.24, 2.45) is 5.10 Å². The van der Waals surface area contributed by atoms with Gasteiger partial charge in [-0.3, -0.25) is 10.2 Å². The predicted molar refractivity (Wildman–Crippen MR) is 101 cm³/mol. The highest BCUT2D eigenvalue weighted by Gasteiger charge is 2.03. The Bertz CT molecular complexity index is 855. The number of ether oxygens (including phenoxy) is 1. The van der Waals surface area contributed by atoms with Gasteiger partial charge in [-0.1, -0.05) is 54.6 Å². The molecule has 3 aromatic rings. The fourth-order valence-electron chi connectivity index (χ4n) is 2.36. The largest absolute Gasteiger partial charge is 0.497 e. The maximum absolute atomic E-state index is 12.2. The van der Waals surface area contributed by atoms with E-state index >= 15 is 0 Å². The first kappa shape index (κ1) is 16.5. The van der Waals surface area contributed by atoms with Crippen LogP contribution in [0.15, 0.2) is 84.0 Å². The highest BCUT2D eigenvalue weighted by atomic mass is 16.5. The van der Waals surface area contributed by atoms with Crippen LogP contribution >= 0.6 is 0 Å². The fourth-order valence-corrected chi connectivity index (χ4v) is 2.36. The maximum atomic E-state index is 12.2. The second-order valence-electron chi connectivity index (χ2n) is 5.41. The lowest BCUT2D eigenvalue weighted by Crippen LogP contribution is -2.02. The number of benzene rings is 3. The molecule has 3 aromatic carbocycles. The van der Waals surface area contributed by atoms with Gasteiger partial charge in [0.15, 0.2) is 0 Å². The summed E-state index contributed by atoms with van der Waals surface area (Å²) >= 11 is 0. The Morgan fingerprint density at radius 1 is 0.880 bits per heavy atom. The van der Waals surface area contributed by atoms with Gasteiger partial charge in [0.25, 0.3) is 0 Å². The van der Waals surface area contributed by atoms with E-state index in [1.807, 2.05) is 78.9 Å². The van der Waals surface area contributed by atoms with Crippen molar-refractivity contribution in [2.45, 2.75) is 0 Å². The van der Waals surface area contributed by atoms with Gasteiger partial charge in [0, 0.05) is 5.56 Å². The van der Waals surface area contributed by atoms with Gasteiger partial charge >= 0.3 is 0 Å². The molecule has 0 aliphatic heterocycles. The third-order valence-electron chi connectivity index (χ3n) is 3.74. The van der Waals surface area contributed by atoms with E-state index in [2.05, 4.69) is 10.5 Å². The summed E-state index contributed by atoms with van der Waals surface area (Å²) in [7, 11) is 1.61. The SMILES string of the molecule is COc1ccc(N/N=C/C(=O)c2ccc(-c3ccccc3)cc2)cc1. The number of rotatable bonds is 6. The highest BCUT2D eigenvalue weighted by molar-refractivity contribution is 6.35. The number of methoxy groups -OCH3 is 1. The van der Waals surface area contributed by atoms with E-state index in [-0.39, 0.29) is 5.78 Å². The lowest BCUT2D eigenvalue weighted by Gasteiger charge is -2.03. The number of carbonyl (C=O) groups excluding carboxylic acids is 1. The van der Waals surface area contributed by atoms with Gasteiger partial charge in [0.1, 0.15) is 5.75 Å². The number of nitrogens with one attached hydrogen (secondary N) is 1. The van der Waals surface area contributed by atoms with Gasteiger partial charge in [-0.2, -0.15) is 5.10 Å². The Morgan fingerprint density at radius 2 is 1.52 bits per heavy atom. The number of carbonyl (C=O) groups is 1. The van der Waals surface area contributed by atoms with Crippen LogP contribution in [0.3, 0.4) is 0 Å². The van der Waals surface area contributed by atoms with Crippen LogP contribution in [0.2, 0.25) is 0 Å². The molecule has 0 saturated carbocycles. The van der Waals surface area contributed by atoms with Gasteiger partial charge in [0.2, 0.25) is 5.78 Å². The molecule has 1 N–H and O–H groups in total. The van der Waals surface area contributed by atoms with Gasteiger partial charge in [-0.05, 0) is 35.4 Å². The molecule has 0 radical (unpaired) electrons. The first-order valence-corrected chi connectivity index (χ1v) is 7.89. The van der Waals surface area contributed by atoms with Crippen LogP contribution in [0.4, 0.5) is 5.69 Å². The molecule has 4 heteroatoms. The topological polar surface area (TPSA) is 50.7 Å². The molecule has 0 spiro atoms. The summed E-state index contributed by atoms with van der Waals surface area (Å²) in [6, 6.07) is 24.8. The van der Waals surface area contributed by atoms with Crippen molar-refractivity contribution in [3.05, 3.63) is 84.4 Å². The molecule has 0 amide bonds. The second-order valence-corrected chi connectivity index (χ2v) is 5.41. The summed E-state index contributed by atoms with van der Waals surface area (Å²) in [5.41, 5.74) is 6.40. The van der Waals surface area contributed by atoms with Crippen molar-refractivity contribution in [3.8, 4) is 16.9 Å². The Labute approximate surface area is 146 Å². The van der Waals surface area contributed by atoms with Crippen LogP contribution in [0, 0.1) is 0 Å². The molecule has 0 atom stereocenters. The molecular formula is C21H18N2O2. The molecule has 0 heterocycles. The third-order valence-corrected chi connectivity index (χ3v) is 3.74. The van der Waals surface area contributed by atoms with E-state index in [0.717, 1.165) is 22.6 Å². The smallest absolute Gasteiger partial charge is 0.205 e. The normalized spacial score (nSPS) is 10.6. The van der Waals surface area contributed by atoms with E-state index in [1.54, 1.807) is 7.11 Å². The molecule has 0 aromatic heterocycles. The van der Waals surface area contributed by atoms with Gasteiger partial charge < -0.3 is 4.74 Å². The third kappa shape index (κ3) is 4.32. The average molecular weight is 330 g/mol. The van der Waals surface area contributed by atoms with Gasteiger partial charge in [-0.25, -0.2) is 0 Å². The molecule has 0 aliphatic carbocycles. The van der Waals surface area contributed by atoms with E-state index < -0.39 is 0 Å². The Morgan fingerprint density at radius 3 is 2.16 bits per heavy atom. The molecule has 4 nitrogen and oxygen atoms in total. The minimum Gasteiger partial charge on any atom is -0.497 e. The maximum Gasteiger partial charge on any atom is 0.205 e. The number of anilines is 1. The minimum absolute atomic E-state index is 0.152. The fraction of sp³-hybridized carbons (Fsp3) is 0.0476. The van der Waals surface area contributed by atoms with Crippen LogP contribution in [-0.2, 0) is 0 Å². The molecular weight excluding hydrogens is 312 g/mol. The highest BCUT2D eigenvalue weighted by Crippen LogP contribution is 2.19. The summed E-state index contributed by atoms with van der Waals surface area (Å²) in [5.74, 6) is 0.615. The summed E-state index contributed by atoms with van der Waals surface area (Å²) in [6.45, 7) is 0. The van der Waals surface area contributed by atoms with E-state index in [9.17, 15) is 4.79 Å². The lowest BCUT2D eigenvalue weighted by molar-refractivity contribution is 0.107. The zero-order valence-corrected chi connectivity index (χ0v) is 13.8. The number of Topliss-reactive ketones (excluding diaryl/α,β-unsaturated/α-hetero) is 1. The predicted octanol–water partition coefficient (Wildman–Crippen LogP) is 4.64. The molecule has 124 valence electrons. The van der Waals surface area contributed by atoms with Crippen LogP contribution in [0.1, 0.15) is 10.4 Å².